The zero-order chi connectivity index (χ0) is 23.1. The molecule has 0 unspecified atom stereocenters. The summed E-state index contributed by atoms with van der Waals surface area (Å²) in [7, 11) is 4.72. The van der Waals surface area contributed by atoms with Gasteiger partial charge in [-0.05, 0) is 60.5 Å². The molecule has 5 nitrogen and oxygen atoms in total. The molecule has 166 valence electrons. The number of ketones is 1. The van der Waals surface area contributed by atoms with Crippen molar-refractivity contribution in [3.63, 3.8) is 0 Å². The van der Waals surface area contributed by atoms with Gasteiger partial charge < -0.3 is 14.2 Å². The molecule has 8 heteroatoms. The van der Waals surface area contributed by atoms with E-state index in [1.165, 1.54) is 14.0 Å². The molecule has 0 amide bonds. The minimum Gasteiger partial charge on any atom is -0.496 e. The summed E-state index contributed by atoms with van der Waals surface area (Å²) < 4.78 is 17.1. The van der Waals surface area contributed by atoms with Crippen LogP contribution in [-0.4, -0.2) is 32.1 Å². The molecule has 0 atom stereocenters. The number of hydrogen-bond acceptors (Lipinski definition) is 8. The topological polar surface area (TPSA) is 61.8 Å². The smallest absolute Gasteiger partial charge is 0.338 e. The van der Waals surface area contributed by atoms with E-state index < -0.39 is 5.97 Å². The molecular weight excluding hydrogens is 464 g/mol. The molecule has 0 saturated carbocycles. The lowest BCUT2D eigenvalue weighted by molar-refractivity contribution is -0.136. The highest BCUT2D eigenvalue weighted by Crippen LogP contribution is 2.30. The maximum absolute atomic E-state index is 12.3. The van der Waals surface area contributed by atoms with Crippen LogP contribution in [-0.2, 0) is 9.53 Å². The Labute approximate surface area is 199 Å². The van der Waals surface area contributed by atoms with E-state index in [4.69, 9.17) is 26.4 Å². The van der Waals surface area contributed by atoms with Gasteiger partial charge in [0.15, 0.2) is 5.78 Å². The summed E-state index contributed by atoms with van der Waals surface area (Å²) in [6.45, 7) is 5.88. The zero-order valence-electron chi connectivity index (χ0n) is 17.7. The number of methoxy groups -OCH3 is 1. The van der Waals surface area contributed by atoms with Gasteiger partial charge >= 0.3 is 5.97 Å². The fourth-order valence-electron chi connectivity index (χ4n) is 2.88. The van der Waals surface area contributed by atoms with Crippen molar-refractivity contribution in [3.05, 3.63) is 70.1 Å². The highest BCUT2D eigenvalue weighted by atomic mass is 32.9. The van der Waals surface area contributed by atoms with Gasteiger partial charge in [-0.1, -0.05) is 45.5 Å². The van der Waals surface area contributed by atoms with Crippen molar-refractivity contribution >= 4 is 50.2 Å². The standard InChI is InChI=1S/C24H22O5S3/c1-15(18-7-10-20(16(2)25)21(13-18)27-3)24(26)29-12-4-11-28-19-8-5-17(6-9-19)22-14-23(30)32-31-22/h5-10,13-14H,1,4,11-12H2,2-3H3. The van der Waals surface area contributed by atoms with Crippen molar-refractivity contribution in [2.45, 2.75) is 13.3 Å². The molecule has 1 heterocycles. The van der Waals surface area contributed by atoms with Crippen molar-refractivity contribution in [2.24, 2.45) is 0 Å². The molecule has 0 fully saturated rings. The van der Waals surface area contributed by atoms with Crippen LogP contribution in [0, 0.1) is 3.82 Å². The van der Waals surface area contributed by atoms with Crippen LogP contribution < -0.4 is 9.47 Å². The van der Waals surface area contributed by atoms with Crippen LogP contribution in [0.4, 0.5) is 0 Å². The van der Waals surface area contributed by atoms with E-state index in [9.17, 15) is 9.59 Å². The second kappa shape index (κ2) is 11.2. The Morgan fingerprint density at radius 3 is 2.41 bits per heavy atom. The molecule has 0 aliphatic carbocycles. The maximum Gasteiger partial charge on any atom is 0.338 e. The quantitative estimate of drug-likeness (QED) is 0.0820. The molecule has 0 spiro atoms. The van der Waals surface area contributed by atoms with Gasteiger partial charge in [-0.3, -0.25) is 4.79 Å². The molecule has 0 bridgehead atoms. The van der Waals surface area contributed by atoms with Crippen molar-refractivity contribution in [3.8, 4) is 21.9 Å². The van der Waals surface area contributed by atoms with Crippen molar-refractivity contribution in [1.82, 2.24) is 0 Å². The van der Waals surface area contributed by atoms with E-state index in [2.05, 4.69) is 6.58 Å². The Hall–Kier alpha value is -2.81. The number of rotatable bonds is 10. The lowest BCUT2D eigenvalue weighted by atomic mass is 10.0. The van der Waals surface area contributed by atoms with Gasteiger partial charge in [-0.25, -0.2) is 4.79 Å². The van der Waals surface area contributed by atoms with Crippen molar-refractivity contribution in [1.29, 1.82) is 0 Å². The first-order valence-electron chi connectivity index (χ1n) is 9.78. The number of carbonyl (C=O) groups excluding carboxylic acids is 2. The van der Waals surface area contributed by atoms with E-state index in [0.29, 0.717) is 29.9 Å². The van der Waals surface area contributed by atoms with E-state index in [0.717, 1.165) is 20.0 Å². The van der Waals surface area contributed by atoms with Crippen LogP contribution in [0.3, 0.4) is 0 Å². The molecule has 0 radical (unpaired) electrons. The average molecular weight is 487 g/mol. The molecular formula is C24H22O5S3. The summed E-state index contributed by atoms with van der Waals surface area (Å²) >= 11 is 5.17. The van der Waals surface area contributed by atoms with E-state index in [-0.39, 0.29) is 18.0 Å². The van der Waals surface area contributed by atoms with Crippen LogP contribution in [0.2, 0.25) is 0 Å². The van der Waals surface area contributed by atoms with Crippen LogP contribution >= 0.6 is 32.9 Å². The molecule has 3 aromatic rings. The van der Waals surface area contributed by atoms with Crippen molar-refractivity contribution < 1.29 is 23.8 Å². The van der Waals surface area contributed by atoms with Gasteiger partial charge in [0.1, 0.15) is 15.3 Å². The summed E-state index contributed by atoms with van der Waals surface area (Å²) in [4.78, 5) is 25.1. The fourth-order valence-corrected chi connectivity index (χ4v) is 5.28. The third-order valence-corrected chi connectivity index (χ3v) is 7.48. The summed E-state index contributed by atoms with van der Waals surface area (Å²) in [5.41, 5.74) is 2.30. The molecule has 32 heavy (non-hydrogen) atoms. The van der Waals surface area contributed by atoms with E-state index in [1.807, 2.05) is 30.3 Å². The van der Waals surface area contributed by atoms with E-state index in [1.54, 1.807) is 38.9 Å². The second-order valence-electron chi connectivity index (χ2n) is 6.81. The number of carbonyl (C=O) groups is 2. The third kappa shape index (κ3) is 6.12. The number of Topliss-reactive ketones (excluding diaryl/α,β-unsaturated/α-hetero) is 1. The lowest BCUT2D eigenvalue weighted by Gasteiger charge is -2.11. The molecule has 0 saturated heterocycles. The normalized spacial score (nSPS) is 10.4. The Kier molecular flexibility index (Phi) is 8.33. The summed E-state index contributed by atoms with van der Waals surface area (Å²) in [5.74, 6) is 0.507. The van der Waals surface area contributed by atoms with Gasteiger partial charge in [0.2, 0.25) is 0 Å². The molecule has 3 rings (SSSR count). The molecule has 0 aliphatic heterocycles. The van der Waals surface area contributed by atoms with Gasteiger partial charge in [0, 0.05) is 11.3 Å². The van der Waals surface area contributed by atoms with Crippen LogP contribution in [0.15, 0.2) is 55.1 Å². The SMILES string of the molecule is C=C(C(=O)OCCCOc1ccc(-c2cc(=S)ss2)cc1)c1ccc(C(C)=O)c(OC)c1. The minimum atomic E-state index is -0.523. The van der Waals surface area contributed by atoms with Gasteiger partial charge in [0.25, 0.3) is 0 Å². The minimum absolute atomic E-state index is 0.117. The highest BCUT2D eigenvalue weighted by molar-refractivity contribution is 7.80. The summed E-state index contributed by atoms with van der Waals surface area (Å²) in [6, 6.07) is 14.7. The molecule has 0 N–H and O–H groups in total. The molecule has 1 aromatic heterocycles. The summed E-state index contributed by atoms with van der Waals surface area (Å²) in [6.07, 6.45) is 0.541. The highest BCUT2D eigenvalue weighted by Gasteiger charge is 2.15. The Bertz CT molecular complexity index is 1170. The lowest BCUT2D eigenvalue weighted by Crippen LogP contribution is -2.10. The fraction of sp³-hybridized carbons (Fsp3) is 0.208. The van der Waals surface area contributed by atoms with Crippen LogP contribution in [0.1, 0.15) is 29.3 Å². The monoisotopic (exact) mass is 486 g/mol. The first-order valence-corrected chi connectivity index (χ1v) is 12.3. The largest absolute Gasteiger partial charge is 0.496 e. The number of hydrogen-bond donors (Lipinski definition) is 0. The number of benzene rings is 2. The Morgan fingerprint density at radius 2 is 1.78 bits per heavy atom. The van der Waals surface area contributed by atoms with Crippen molar-refractivity contribution in [2.75, 3.05) is 20.3 Å². The summed E-state index contributed by atoms with van der Waals surface area (Å²) in [5, 5.41) is 0. The number of ether oxygens (including phenoxy) is 3. The first-order chi connectivity index (χ1) is 15.4. The van der Waals surface area contributed by atoms with Gasteiger partial charge in [0.05, 0.1) is 31.5 Å². The molecule has 2 aromatic carbocycles. The Morgan fingerprint density at radius 1 is 1.03 bits per heavy atom. The zero-order valence-corrected chi connectivity index (χ0v) is 20.2. The average Bonchev–Trinajstić information content (AvgIpc) is 3.24. The second-order valence-corrected chi connectivity index (χ2v) is 9.72. The predicted octanol–water partition coefficient (Wildman–Crippen LogP) is 6.44. The maximum atomic E-state index is 12.3. The van der Waals surface area contributed by atoms with E-state index >= 15 is 0 Å². The third-order valence-electron chi connectivity index (χ3n) is 4.57. The van der Waals surface area contributed by atoms with Crippen LogP contribution in [0.25, 0.3) is 16.0 Å². The van der Waals surface area contributed by atoms with Gasteiger partial charge in [-0.2, -0.15) is 0 Å². The molecule has 0 aliphatic rings. The first kappa shape index (κ1) is 23.8. The predicted molar refractivity (Wildman–Crippen MR) is 132 cm³/mol. The van der Waals surface area contributed by atoms with Crippen LogP contribution in [0.5, 0.6) is 11.5 Å². The Balaban J connectivity index is 1.44. The van der Waals surface area contributed by atoms with Gasteiger partial charge in [-0.15, -0.1) is 0 Å². The number of esters is 1.